The van der Waals surface area contributed by atoms with Gasteiger partial charge in [-0.15, -0.1) is 0 Å². The van der Waals surface area contributed by atoms with Crippen LogP contribution in [0.4, 0.5) is 0 Å². The third-order valence-electron chi connectivity index (χ3n) is 2.11. The van der Waals surface area contributed by atoms with Crippen molar-refractivity contribution in [2.75, 3.05) is 0 Å². The number of ketones is 1. The second-order valence-electron chi connectivity index (χ2n) is 3.70. The van der Waals surface area contributed by atoms with Crippen LogP contribution in [0.5, 0.6) is 0 Å². The van der Waals surface area contributed by atoms with Crippen LogP contribution in [0.15, 0.2) is 6.33 Å². The average Bonchev–Trinajstić information content (AvgIpc) is 2.53. The Labute approximate surface area is 84.3 Å². The highest BCUT2D eigenvalue weighted by Gasteiger charge is 2.12. The summed E-state index contributed by atoms with van der Waals surface area (Å²) in [6, 6.07) is 0. The lowest BCUT2D eigenvalue weighted by Crippen LogP contribution is -2.15. The summed E-state index contributed by atoms with van der Waals surface area (Å²) in [7, 11) is 0. The largest absolute Gasteiger partial charge is 0.299 e. The second kappa shape index (κ2) is 4.88. The van der Waals surface area contributed by atoms with Gasteiger partial charge in [0.15, 0.2) is 0 Å². The van der Waals surface area contributed by atoms with Gasteiger partial charge in [0.05, 0.1) is 6.42 Å². The molecule has 0 saturated heterocycles. The van der Waals surface area contributed by atoms with Crippen LogP contribution in [0.3, 0.4) is 0 Å². The fraction of sp³-hybridized carbons (Fsp3) is 0.700. The summed E-state index contributed by atoms with van der Waals surface area (Å²) in [4.78, 5) is 15.6. The normalized spacial score (nSPS) is 10.9. The Morgan fingerprint density at radius 1 is 1.57 bits per heavy atom. The van der Waals surface area contributed by atoms with Crippen LogP contribution in [0.25, 0.3) is 0 Å². The van der Waals surface area contributed by atoms with Crippen LogP contribution in [0, 0.1) is 5.92 Å². The van der Waals surface area contributed by atoms with Gasteiger partial charge < -0.3 is 0 Å². The zero-order valence-electron chi connectivity index (χ0n) is 9.03. The standard InChI is InChI=1S/C10H17N3O/c1-4-5-13-10(11-7-12-13)6-9(14)8(2)3/h7-8H,4-6H2,1-3H3. The van der Waals surface area contributed by atoms with E-state index in [0.717, 1.165) is 18.8 Å². The van der Waals surface area contributed by atoms with E-state index >= 15 is 0 Å². The van der Waals surface area contributed by atoms with Gasteiger partial charge in [-0.3, -0.25) is 4.79 Å². The molecule has 14 heavy (non-hydrogen) atoms. The van der Waals surface area contributed by atoms with E-state index in [1.54, 1.807) is 4.68 Å². The summed E-state index contributed by atoms with van der Waals surface area (Å²) in [5.41, 5.74) is 0. The molecule has 1 aromatic rings. The van der Waals surface area contributed by atoms with E-state index < -0.39 is 0 Å². The summed E-state index contributed by atoms with van der Waals surface area (Å²) in [5, 5.41) is 4.07. The van der Waals surface area contributed by atoms with Crippen molar-refractivity contribution in [3.05, 3.63) is 12.2 Å². The van der Waals surface area contributed by atoms with E-state index in [1.165, 1.54) is 6.33 Å². The molecule has 78 valence electrons. The lowest BCUT2D eigenvalue weighted by Gasteiger charge is -2.05. The fourth-order valence-electron chi connectivity index (χ4n) is 1.18. The Morgan fingerprint density at radius 2 is 2.29 bits per heavy atom. The monoisotopic (exact) mass is 195 g/mol. The van der Waals surface area contributed by atoms with Crippen LogP contribution >= 0.6 is 0 Å². The summed E-state index contributed by atoms with van der Waals surface area (Å²) < 4.78 is 1.81. The molecule has 0 saturated carbocycles. The molecule has 4 heteroatoms. The van der Waals surface area contributed by atoms with E-state index in [-0.39, 0.29) is 11.7 Å². The maximum atomic E-state index is 11.5. The summed E-state index contributed by atoms with van der Waals surface area (Å²) >= 11 is 0. The Morgan fingerprint density at radius 3 is 2.86 bits per heavy atom. The number of hydrogen-bond acceptors (Lipinski definition) is 3. The van der Waals surface area contributed by atoms with Gasteiger partial charge in [-0.25, -0.2) is 9.67 Å². The van der Waals surface area contributed by atoms with Gasteiger partial charge in [0, 0.05) is 12.5 Å². The van der Waals surface area contributed by atoms with E-state index in [9.17, 15) is 4.79 Å². The Hall–Kier alpha value is -1.19. The number of aromatic nitrogens is 3. The minimum atomic E-state index is 0.0711. The van der Waals surface area contributed by atoms with E-state index in [0.29, 0.717) is 6.42 Å². The molecule has 0 bridgehead atoms. The number of carbonyl (C=O) groups is 1. The molecule has 0 radical (unpaired) electrons. The molecular formula is C10H17N3O. The molecule has 0 aromatic carbocycles. The van der Waals surface area contributed by atoms with Crippen molar-refractivity contribution in [1.29, 1.82) is 0 Å². The molecule has 0 unspecified atom stereocenters. The van der Waals surface area contributed by atoms with Crippen molar-refractivity contribution in [1.82, 2.24) is 14.8 Å². The SMILES string of the molecule is CCCn1ncnc1CC(=O)C(C)C. The number of rotatable bonds is 5. The number of hydrogen-bond donors (Lipinski definition) is 0. The quantitative estimate of drug-likeness (QED) is 0.714. The first kappa shape index (κ1) is 10.9. The van der Waals surface area contributed by atoms with E-state index in [1.807, 2.05) is 13.8 Å². The van der Waals surface area contributed by atoms with Crippen molar-refractivity contribution in [2.24, 2.45) is 5.92 Å². The van der Waals surface area contributed by atoms with Crippen LogP contribution in [0.2, 0.25) is 0 Å². The third kappa shape index (κ3) is 2.65. The molecule has 4 nitrogen and oxygen atoms in total. The molecule has 0 aliphatic heterocycles. The highest BCUT2D eigenvalue weighted by atomic mass is 16.1. The molecule has 0 fully saturated rings. The number of nitrogens with zero attached hydrogens (tertiary/aromatic N) is 3. The maximum Gasteiger partial charge on any atom is 0.142 e. The topological polar surface area (TPSA) is 47.8 Å². The van der Waals surface area contributed by atoms with Crippen molar-refractivity contribution < 1.29 is 4.79 Å². The number of aryl methyl sites for hydroxylation is 1. The highest BCUT2D eigenvalue weighted by molar-refractivity contribution is 5.81. The van der Waals surface area contributed by atoms with Crippen molar-refractivity contribution >= 4 is 5.78 Å². The predicted molar refractivity (Wildman–Crippen MR) is 53.9 cm³/mol. The molecular weight excluding hydrogens is 178 g/mol. The highest BCUT2D eigenvalue weighted by Crippen LogP contribution is 2.03. The van der Waals surface area contributed by atoms with Gasteiger partial charge in [0.25, 0.3) is 0 Å². The van der Waals surface area contributed by atoms with Crippen LogP contribution in [-0.4, -0.2) is 20.5 Å². The summed E-state index contributed by atoms with van der Waals surface area (Å²) in [5.74, 6) is 1.07. The van der Waals surface area contributed by atoms with Crippen LogP contribution in [0.1, 0.15) is 33.0 Å². The smallest absolute Gasteiger partial charge is 0.142 e. The minimum absolute atomic E-state index is 0.0711. The Balaban J connectivity index is 2.66. The van der Waals surface area contributed by atoms with Gasteiger partial charge in [-0.1, -0.05) is 20.8 Å². The molecule has 0 amide bonds. The first-order valence-corrected chi connectivity index (χ1v) is 5.04. The molecule has 1 aromatic heterocycles. The number of Topliss-reactive ketones (excluding diaryl/α,β-unsaturated/α-hetero) is 1. The molecule has 0 aliphatic rings. The lowest BCUT2D eigenvalue weighted by molar-refractivity contribution is -0.121. The maximum absolute atomic E-state index is 11.5. The van der Waals surface area contributed by atoms with Crippen molar-refractivity contribution in [3.8, 4) is 0 Å². The van der Waals surface area contributed by atoms with Crippen molar-refractivity contribution in [3.63, 3.8) is 0 Å². The van der Waals surface area contributed by atoms with E-state index in [4.69, 9.17) is 0 Å². The summed E-state index contributed by atoms with van der Waals surface area (Å²) in [6.45, 7) is 6.72. The second-order valence-corrected chi connectivity index (χ2v) is 3.70. The van der Waals surface area contributed by atoms with Gasteiger partial charge >= 0.3 is 0 Å². The Bertz CT molecular complexity index is 304. The average molecular weight is 195 g/mol. The van der Waals surface area contributed by atoms with Crippen LogP contribution < -0.4 is 0 Å². The first-order valence-electron chi connectivity index (χ1n) is 5.04. The van der Waals surface area contributed by atoms with Gasteiger partial charge in [0.2, 0.25) is 0 Å². The zero-order chi connectivity index (χ0) is 10.6. The zero-order valence-corrected chi connectivity index (χ0v) is 9.03. The molecule has 1 heterocycles. The van der Waals surface area contributed by atoms with Gasteiger partial charge in [-0.05, 0) is 6.42 Å². The van der Waals surface area contributed by atoms with Gasteiger partial charge in [-0.2, -0.15) is 5.10 Å². The minimum Gasteiger partial charge on any atom is -0.299 e. The molecule has 0 N–H and O–H groups in total. The first-order chi connectivity index (χ1) is 6.65. The van der Waals surface area contributed by atoms with E-state index in [2.05, 4.69) is 17.0 Å². The fourth-order valence-corrected chi connectivity index (χ4v) is 1.18. The Kier molecular flexibility index (Phi) is 3.80. The molecule has 0 aliphatic carbocycles. The van der Waals surface area contributed by atoms with Crippen LogP contribution in [-0.2, 0) is 17.8 Å². The molecule has 1 rings (SSSR count). The molecule has 0 atom stereocenters. The van der Waals surface area contributed by atoms with Crippen molar-refractivity contribution in [2.45, 2.75) is 40.2 Å². The third-order valence-corrected chi connectivity index (χ3v) is 2.11. The predicted octanol–water partition coefficient (Wildman–Crippen LogP) is 1.46. The number of carbonyl (C=O) groups excluding carboxylic acids is 1. The lowest BCUT2D eigenvalue weighted by atomic mass is 10.1. The van der Waals surface area contributed by atoms with Gasteiger partial charge in [0.1, 0.15) is 17.9 Å². The summed E-state index contributed by atoms with van der Waals surface area (Å²) in [6.07, 6.45) is 2.92. The molecule has 0 spiro atoms.